The van der Waals surface area contributed by atoms with E-state index in [4.69, 9.17) is 0 Å². The van der Waals surface area contributed by atoms with E-state index in [1.165, 1.54) is 16.0 Å². The van der Waals surface area contributed by atoms with Crippen molar-refractivity contribution in [3.63, 3.8) is 0 Å². The highest BCUT2D eigenvalue weighted by atomic mass is 32.2. The van der Waals surface area contributed by atoms with Gasteiger partial charge in [-0.05, 0) is 41.3 Å². The molecule has 160 valence electrons. The second kappa shape index (κ2) is 7.48. The summed E-state index contributed by atoms with van der Waals surface area (Å²) in [6.45, 7) is 4.97. The first-order valence-corrected chi connectivity index (χ1v) is 12.0. The number of nitrogens with zero attached hydrogens (tertiary/aromatic N) is 4. The first kappa shape index (κ1) is 19.6. The minimum Gasteiger partial charge on any atom is -0.327 e. The predicted octanol–water partition coefficient (Wildman–Crippen LogP) is 5.79. The number of amides is 1. The highest BCUT2D eigenvalue weighted by molar-refractivity contribution is 7.99. The zero-order chi connectivity index (χ0) is 21.8. The smallest absolute Gasteiger partial charge is 0.255 e. The van der Waals surface area contributed by atoms with Crippen LogP contribution >= 0.6 is 11.8 Å². The molecule has 2 atom stereocenters. The van der Waals surface area contributed by atoms with Gasteiger partial charge in [0.1, 0.15) is 5.82 Å². The number of hydrogen-bond donors (Lipinski definition) is 0. The Morgan fingerprint density at radius 3 is 2.56 bits per heavy atom. The maximum atomic E-state index is 13.2. The van der Waals surface area contributed by atoms with Crippen molar-refractivity contribution >= 4 is 23.3 Å². The van der Waals surface area contributed by atoms with Crippen LogP contribution in [0.4, 0.5) is 0 Å². The summed E-state index contributed by atoms with van der Waals surface area (Å²) in [6, 6.07) is 20.9. The minimum absolute atomic E-state index is 0.105. The third-order valence-corrected chi connectivity index (χ3v) is 7.81. The Morgan fingerprint density at radius 2 is 1.75 bits per heavy atom. The molecular formula is C26H24N4OS. The summed E-state index contributed by atoms with van der Waals surface area (Å²) in [5.41, 5.74) is 5.47. The molecule has 2 aromatic heterocycles. The molecule has 1 aliphatic carbocycles. The predicted molar refractivity (Wildman–Crippen MR) is 126 cm³/mol. The molecule has 0 saturated heterocycles. The number of thioether (sulfide) groups is 1. The van der Waals surface area contributed by atoms with E-state index in [0.29, 0.717) is 17.7 Å². The van der Waals surface area contributed by atoms with Crippen molar-refractivity contribution in [3.8, 4) is 0 Å². The Morgan fingerprint density at radius 1 is 0.969 bits per heavy atom. The number of carbonyl (C=O) groups excluding carboxylic acids is 1. The topological polar surface area (TPSA) is 50.5 Å². The maximum absolute atomic E-state index is 13.2. The van der Waals surface area contributed by atoms with Crippen LogP contribution in [-0.4, -0.2) is 25.4 Å². The summed E-state index contributed by atoms with van der Waals surface area (Å²) in [4.78, 5) is 16.4. The number of benzene rings is 2. The zero-order valence-electron chi connectivity index (χ0n) is 18.1. The lowest BCUT2D eigenvalue weighted by Gasteiger charge is -2.25. The average Bonchev–Trinajstić information content (AvgIpc) is 3.48. The molecule has 1 unspecified atom stereocenters. The number of fused-ring (bicyclic) bond motifs is 3. The first-order chi connectivity index (χ1) is 15.6. The van der Waals surface area contributed by atoms with Gasteiger partial charge in [-0.25, -0.2) is 0 Å². The highest BCUT2D eigenvalue weighted by Crippen LogP contribution is 2.52. The van der Waals surface area contributed by atoms with Crippen molar-refractivity contribution in [1.82, 2.24) is 19.5 Å². The van der Waals surface area contributed by atoms with Crippen molar-refractivity contribution in [2.75, 3.05) is 0 Å². The van der Waals surface area contributed by atoms with Gasteiger partial charge in [0.25, 0.3) is 5.91 Å². The number of aromatic nitrogens is 3. The van der Waals surface area contributed by atoms with E-state index in [9.17, 15) is 4.79 Å². The second-order valence-corrected chi connectivity index (χ2v) is 10.2. The van der Waals surface area contributed by atoms with Gasteiger partial charge in [0.15, 0.2) is 5.65 Å². The SMILES string of the molecule is CC(C)c1nnc2ccc(SC3C[C@H](N4Cc5ccccc5C4=O)c4ccccc43)cn12. The molecule has 2 aliphatic rings. The molecule has 0 N–H and O–H groups in total. The van der Waals surface area contributed by atoms with Crippen molar-refractivity contribution in [2.45, 2.75) is 48.9 Å². The molecular weight excluding hydrogens is 416 g/mol. The van der Waals surface area contributed by atoms with Crippen molar-refractivity contribution in [1.29, 1.82) is 0 Å². The van der Waals surface area contributed by atoms with Crippen LogP contribution in [0.1, 0.15) is 70.4 Å². The van der Waals surface area contributed by atoms with Crippen LogP contribution in [0.2, 0.25) is 0 Å². The monoisotopic (exact) mass is 440 g/mol. The fraction of sp³-hybridized carbons (Fsp3) is 0.269. The van der Waals surface area contributed by atoms with Crippen LogP contribution in [0, 0.1) is 0 Å². The Bertz CT molecular complexity index is 1340. The van der Waals surface area contributed by atoms with Gasteiger partial charge in [-0.2, -0.15) is 0 Å². The van der Waals surface area contributed by atoms with Gasteiger partial charge in [0.2, 0.25) is 0 Å². The van der Waals surface area contributed by atoms with E-state index < -0.39 is 0 Å². The molecule has 4 aromatic rings. The van der Waals surface area contributed by atoms with Crippen molar-refractivity contribution < 1.29 is 4.79 Å². The number of pyridine rings is 1. The molecule has 0 bridgehead atoms. The fourth-order valence-corrected chi connectivity index (χ4v) is 6.28. The molecule has 3 heterocycles. The van der Waals surface area contributed by atoms with E-state index >= 15 is 0 Å². The van der Waals surface area contributed by atoms with Crippen LogP contribution in [0.15, 0.2) is 71.8 Å². The molecule has 6 heteroatoms. The molecule has 32 heavy (non-hydrogen) atoms. The molecule has 1 aliphatic heterocycles. The molecule has 0 radical (unpaired) electrons. The summed E-state index contributed by atoms with van der Waals surface area (Å²) < 4.78 is 2.10. The molecule has 1 amide bonds. The zero-order valence-corrected chi connectivity index (χ0v) is 18.9. The number of rotatable bonds is 4. The highest BCUT2D eigenvalue weighted by Gasteiger charge is 2.40. The van der Waals surface area contributed by atoms with E-state index in [1.54, 1.807) is 0 Å². The van der Waals surface area contributed by atoms with E-state index in [-0.39, 0.29) is 11.9 Å². The summed E-state index contributed by atoms with van der Waals surface area (Å²) in [5.74, 6) is 1.44. The van der Waals surface area contributed by atoms with Gasteiger partial charge >= 0.3 is 0 Å². The summed E-state index contributed by atoms with van der Waals surface area (Å²) in [7, 11) is 0. The standard InChI is InChI=1S/C26H24N4OS/c1-16(2)25-28-27-24-12-11-18(15-30(24)25)32-23-13-22(20-9-5-6-10-21(20)23)29-14-17-7-3-4-8-19(17)26(29)31/h3-12,15-16,22-23H,13-14H2,1-2H3/t22-,23?/m0/s1. The lowest BCUT2D eigenvalue weighted by atomic mass is 10.1. The fourth-order valence-electron chi connectivity index (χ4n) is 5.02. The van der Waals surface area contributed by atoms with Gasteiger partial charge in [-0.3, -0.25) is 9.20 Å². The van der Waals surface area contributed by atoms with Crippen LogP contribution in [0.25, 0.3) is 5.65 Å². The second-order valence-electron chi connectivity index (χ2n) is 8.88. The quantitative estimate of drug-likeness (QED) is 0.403. The number of hydrogen-bond acceptors (Lipinski definition) is 4. The van der Waals surface area contributed by atoms with E-state index in [1.807, 2.05) is 36.0 Å². The van der Waals surface area contributed by atoms with Crippen LogP contribution < -0.4 is 0 Å². The number of carbonyl (C=O) groups is 1. The molecule has 6 rings (SSSR count). The summed E-state index contributed by atoms with van der Waals surface area (Å²) >= 11 is 1.87. The molecule has 2 aromatic carbocycles. The molecule has 0 fully saturated rings. The van der Waals surface area contributed by atoms with Gasteiger partial charge in [0.05, 0.1) is 6.04 Å². The Labute approximate surface area is 191 Å². The van der Waals surface area contributed by atoms with E-state index in [2.05, 4.69) is 75.9 Å². The van der Waals surface area contributed by atoms with Gasteiger partial charge in [-0.15, -0.1) is 22.0 Å². The largest absolute Gasteiger partial charge is 0.327 e. The van der Waals surface area contributed by atoms with E-state index in [0.717, 1.165) is 29.0 Å². The Kier molecular flexibility index (Phi) is 4.57. The summed E-state index contributed by atoms with van der Waals surface area (Å²) in [6.07, 6.45) is 3.07. The third-order valence-electron chi connectivity index (χ3n) is 6.56. The van der Waals surface area contributed by atoms with Crippen LogP contribution in [0.5, 0.6) is 0 Å². The Balaban J connectivity index is 1.32. The lowest BCUT2D eigenvalue weighted by Crippen LogP contribution is -2.27. The first-order valence-electron chi connectivity index (χ1n) is 11.1. The minimum atomic E-state index is 0.105. The van der Waals surface area contributed by atoms with Crippen molar-refractivity contribution in [3.05, 3.63) is 94.9 Å². The summed E-state index contributed by atoms with van der Waals surface area (Å²) in [5, 5.41) is 8.95. The molecule has 0 saturated carbocycles. The lowest BCUT2D eigenvalue weighted by molar-refractivity contribution is 0.0701. The average molecular weight is 441 g/mol. The van der Waals surface area contributed by atoms with Crippen LogP contribution in [-0.2, 0) is 6.54 Å². The normalized spacial score (nSPS) is 19.7. The van der Waals surface area contributed by atoms with Gasteiger partial charge in [0, 0.05) is 34.4 Å². The van der Waals surface area contributed by atoms with Gasteiger partial charge < -0.3 is 4.90 Å². The molecule has 5 nitrogen and oxygen atoms in total. The van der Waals surface area contributed by atoms with Gasteiger partial charge in [-0.1, -0.05) is 56.3 Å². The van der Waals surface area contributed by atoms with Crippen LogP contribution in [0.3, 0.4) is 0 Å². The van der Waals surface area contributed by atoms with Crippen molar-refractivity contribution in [2.24, 2.45) is 0 Å². The Hall–Kier alpha value is -3.12. The maximum Gasteiger partial charge on any atom is 0.255 e. The molecule has 0 spiro atoms. The third kappa shape index (κ3) is 3.05.